The number of aliphatic imine (C=N–C) groups is 1. The molecule has 4 aliphatic rings. The summed E-state index contributed by atoms with van der Waals surface area (Å²) in [4.78, 5) is 27.5. The molecule has 9 heteroatoms. The van der Waals surface area contributed by atoms with E-state index >= 15 is 0 Å². The van der Waals surface area contributed by atoms with Crippen LogP contribution in [0, 0.1) is 47.4 Å². The lowest BCUT2D eigenvalue weighted by Gasteiger charge is -2.61. The van der Waals surface area contributed by atoms with Crippen LogP contribution in [0.15, 0.2) is 52.5 Å². The summed E-state index contributed by atoms with van der Waals surface area (Å²) in [5.74, 6) is 2.44. The zero-order valence-electron chi connectivity index (χ0n) is 26.7. The van der Waals surface area contributed by atoms with Gasteiger partial charge >= 0.3 is 0 Å². The van der Waals surface area contributed by atoms with Gasteiger partial charge in [0.05, 0.1) is 35.4 Å². The number of anilines is 1. The molecule has 1 aliphatic heterocycles. The van der Waals surface area contributed by atoms with E-state index in [2.05, 4.69) is 56.0 Å². The minimum atomic E-state index is -0.249. The van der Waals surface area contributed by atoms with Crippen LogP contribution in [0.5, 0.6) is 0 Å². The number of benzene rings is 2. The van der Waals surface area contributed by atoms with Crippen molar-refractivity contribution in [1.82, 2.24) is 19.4 Å². The van der Waals surface area contributed by atoms with Gasteiger partial charge in [0.1, 0.15) is 5.82 Å². The molecule has 1 N–H and O–H groups in total. The van der Waals surface area contributed by atoms with Crippen LogP contribution in [0.4, 0.5) is 10.1 Å². The molecular formula is C35H44FN7O. The maximum atomic E-state index is 14.4. The molecule has 0 spiro atoms. The molecule has 3 aliphatic carbocycles. The van der Waals surface area contributed by atoms with E-state index < -0.39 is 0 Å². The summed E-state index contributed by atoms with van der Waals surface area (Å²) < 4.78 is 15.9. The first-order chi connectivity index (χ1) is 21.0. The lowest BCUT2D eigenvalue weighted by atomic mass is 9.45. The first kappa shape index (κ1) is 30.1. The van der Waals surface area contributed by atoms with E-state index in [1.54, 1.807) is 17.0 Å². The fraction of sp³-hybridized carbons (Fsp3) is 0.543. The third-order valence-corrected chi connectivity index (χ3v) is 10.8. The maximum absolute atomic E-state index is 14.4. The number of hydrogen-bond acceptors (Lipinski definition) is 5. The third kappa shape index (κ3) is 5.44. The van der Waals surface area contributed by atoms with Crippen molar-refractivity contribution in [2.45, 2.75) is 85.5 Å². The number of guanidine groups is 1. The molecule has 232 valence electrons. The fourth-order valence-electron chi connectivity index (χ4n) is 7.96. The van der Waals surface area contributed by atoms with Crippen LogP contribution < -0.4 is 10.9 Å². The van der Waals surface area contributed by atoms with Crippen molar-refractivity contribution in [2.24, 2.45) is 28.2 Å². The second-order valence-corrected chi connectivity index (χ2v) is 14.0. The summed E-state index contributed by atoms with van der Waals surface area (Å²) in [6, 6.07) is 11.2. The molecule has 2 bridgehead atoms. The molecule has 4 fully saturated rings. The molecule has 2 heterocycles. The Morgan fingerprint density at radius 3 is 2.55 bits per heavy atom. The number of nitriles is 1. The molecule has 44 heavy (non-hydrogen) atoms. The maximum Gasteiger partial charge on any atom is 0.261 e. The van der Waals surface area contributed by atoms with E-state index in [1.807, 2.05) is 36.1 Å². The monoisotopic (exact) mass is 597 g/mol. The summed E-state index contributed by atoms with van der Waals surface area (Å²) in [5, 5.41) is 13.8. The molecule has 6 atom stereocenters. The first-order valence-corrected chi connectivity index (χ1v) is 16.0. The van der Waals surface area contributed by atoms with Gasteiger partial charge in [-0.15, -0.1) is 0 Å². The average Bonchev–Trinajstić information content (AvgIpc) is 2.97. The SMILES string of the molecule is Cc1ccc(CCn2cnc3cc(NC(=N[C@H]4CC5CC(C4C)C5(C)C)N4C[C@@H](C)N(C#N)[C@@H](C)C4)ccc3c2=O)c(F)c1. The van der Waals surface area contributed by atoms with E-state index in [1.165, 1.54) is 12.5 Å². The highest BCUT2D eigenvalue weighted by molar-refractivity contribution is 5.96. The van der Waals surface area contributed by atoms with Crippen LogP contribution in [-0.2, 0) is 13.0 Å². The Morgan fingerprint density at radius 1 is 1.14 bits per heavy atom. The fourth-order valence-corrected chi connectivity index (χ4v) is 7.96. The number of halogens is 1. The number of rotatable bonds is 5. The lowest BCUT2D eigenvalue weighted by Crippen LogP contribution is -2.59. The summed E-state index contributed by atoms with van der Waals surface area (Å²) in [5.41, 5.74) is 3.11. The van der Waals surface area contributed by atoms with Crippen molar-refractivity contribution in [3.8, 4) is 6.19 Å². The van der Waals surface area contributed by atoms with Crippen molar-refractivity contribution >= 4 is 22.5 Å². The van der Waals surface area contributed by atoms with Crippen molar-refractivity contribution in [1.29, 1.82) is 5.26 Å². The molecule has 0 radical (unpaired) electrons. The number of hydrogen-bond donors (Lipinski definition) is 1. The molecule has 8 nitrogen and oxygen atoms in total. The standard InChI is InChI=1S/C35H44FN7O/c1-21-7-8-25(30(36)13-21)11-12-41-20-38-32-16-27(9-10-28(32)33(41)44)39-34(42-17-22(2)43(19-37)23(3)18-42)40-31-15-26-14-29(24(31)4)35(26,5)6/h7-10,13,16,20,22-24,26,29,31H,11-12,14-15,17-18H2,1-6H3,(H,39,40)/t22-,23+,24?,26?,29?,31-/m0/s1. The average molecular weight is 598 g/mol. The van der Waals surface area contributed by atoms with Gasteiger partial charge in [-0.05, 0) is 98.6 Å². The van der Waals surface area contributed by atoms with Gasteiger partial charge in [0.15, 0.2) is 12.2 Å². The molecule has 0 amide bonds. The Kier molecular flexibility index (Phi) is 7.89. The molecule has 3 aromatic rings. The van der Waals surface area contributed by atoms with Gasteiger partial charge in [-0.25, -0.2) is 14.4 Å². The van der Waals surface area contributed by atoms with Gasteiger partial charge in [-0.2, -0.15) is 5.26 Å². The van der Waals surface area contributed by atoms with Crippen LogP contribution in [0.1, 0.15) is 58.6 Å². The molecule has 7 rings (SSSR count). The van der Waals surface area contributed by atoms with Crippen LogP contribution >= 0.6 is 0 Å². The van der Waals surface area contributed by atoms with E-state index in [-0.39, 0.29) is 29.5 Å². The summed E-state index contributed by atoms with van der Waals surface area (Å²) >= 11 is 0. The van der Waals surface area contributed by atoms with Gasteiger partial charge < -0.3 is 15.1 Å². The van der Waals surface area contributed by atoms with Gasteiger partial charge in [0.2, 0.25) is 0 Å². The van der Waals surface area contributed by atoms with Crippen molar-refractivity contribution in [2.75, 3.05) is 18.4 Å². The van der Waals surface area contributed by atoms with E-state index in [0.29, 0.717) is 65.7 Å². The van der Waals surface area contributed by atoms with E-state index in [9.17, 15) is 14.4 Å². The van der Waals surface area contributed by atoms with Crippen LogP contribution in [0.2, 0.25) is 0 Å². The summed E-state index contributed by atoms with van der Waals surface area (Å²) in [6.07, 6.45) is 6.71. The Balaban J connectivity index is 1.26. The number of aryl methyl sites for hydroxylation is 3. The van der Waals surface area contributed by atoms with Crippen LogP contribution in [0.3, 0.4) is 0 Å². The minimum Gasteiger partial charge on any atom is -0.339 e. The molecule has 2 aromatic carbocycles. The Bertz CT molecular complexity index is 1680. The quantitative estimate of drug-likeness (QED) is 0.227. The third-order valence-electron chi connectivity index (χ3n) is 10.8. The zero-order chi connectivity index (χ0) is 31.3. The zero-order valence-corrected chi connectivity index (χ0v) is 26.7. The number of aromatic nitrogens is 2. The Hall–Kier alpha value is -3.93. The van der Waals surface area contributed by atoms with Gasteiger partial charge in [-0.1, -0.05) is 32.9 Å². The number of nitrogens with one attached hydrogen (secondary N) is 1. The number of nitrogens with zero attached hydrogens (tertiary/aromatic N) is 6. The molecule has 1 saturated heterocycles. The highest BCUT2D eigenvalue weighted by Gasteiger charge is 2.56. The number of piperazine rings is 1. The molecule has 3 saturated carbocycles. The lowest BCUT2D eigenvalue weighted by molar-refractivity contribution is -0.108. The largest absolute Gasteiger partial charge is 0.339 e. The van der Waals surface area contributed by atoms with Gasteiger partial charge in [0, 0.05) is 25.3 Å². The molecule has 3 unspecified atom stereocenters. The molecule has 1 aromatic heterocycles. The van der Waals surface area contributed by atoms with Crippen molar-refractivity contribution in [3.05, 3.63) is 70.0 Å². The predicted octanol–water partition coefficient (Wildman–Crippen LogP) is 5.80. The van der Waals surface area contributed by atoms with Crippen LogP contribution in [0.25, 0.3) is 10.9 Å². The molecular weight excluding hydrogens is 553 g/mol. The van der Waals surface area contributed by atoms with E-state index in [4.69, 9.17) is 4.99 Å². The van der Waals surface area contributed by atoms with Crippen molar-refractivity contribution in [3.63, 3.8) is 0 Å². The highest BCUT2D eigenvalue weighted by Crippen LogP contribution is 2.61. The predicted molar refractivity (Wildman–Crippen MR) is 173 cm³/mol. The van der Waals surface area contributed by atoms with Gasteiger partial charge in [-0.3, -0.25) is 9.36 Å². The highest BCUT2D eigenvalue weighted by atomic mass is 19.1. The summed E-state index contributed by atoms with van der Waals surface area (Å²) in [6.45, 7) is 14.9. The number of fused-ring (bicyclic) bond motifs is 3. The second-order valence-electron chi connectivity index (χ2n) is 14.0. The normalized spacial score (nSPS) is 28.0. The topological polar surface area (TPSA) is 89.6 Å². The van der Waals surface area contributed by atoms with Gasteiger partial charge in [0.25, 0.3) is 5.56 Å². The van der Waals surface area contributed by atoms with E-state index in [0.717, 1.165) is 23.6 Å². The minimum absolute atomic E-state index is 0.0667. The van der Waals surface area contributed by atoms with Crippen molar-refractivity contribution < 1.29 is 4.39 Å². The summed E-state index contributed by atoms with van der Waals surface area (Å²) in [7, 11) is 0. The first-order valence-electron chi connectivity index (χ1n) is 16.0. The smallest absolute Gasteiger partial charge is 0.261 e. The van der Waals surface area contributed by atoms with Crippen LogP contribution in [-0.4, -0.2) is 56.5 Å². The Morgan fingerprint density at radius 2 is 1.89 bits per heavy atom. The second kappa shape index (κ2) is 11.5. The Labute approximate surface area is 259 Å².